The third-order valence-electron chi connectivity index (χ3n) is 9.62. The summed E-state index contributed by atoms with van der Waals surface area (Å²) in [4.78, 5) is 0. The van der Waals surface area contributed by atoms with Gasteiger partial charge in [0.2, 0.25) is 0 Å². The normalized spacial score (nSPS) is 11.1. The molecule has 0 saturated carbocycles. The molecule has 5 nitrogen and oxygen atoms in total. The monoisotopic (exact) mass is 635 g/mol. The maximum absolute atomic E-state index is 10.6. The number of hydrogen-bond acceptors (Lipinski definition) is 3. The molecule has 2 aromatic heterocycles. The molecular weight excluding hydrogens is 611 g/mol. The number of nitriles is 3. The lowest BCUT2D eigenvalue weighted by Crippen LogP contribution is -2.01. The standard InChI is InChI=1S/C45H25N5/c46-26-29-19-21-43-38(23-29)37-14-3-4-16-40(37)49(43)33-11-7-9-31(25-33)34-15-8-10-32(28-48)45(34)39-24-30(27-47)20-22-44(39)50-41-17-5-1-12-35(41)36-13-2-6-18-42(36)50/h1-25H. The van der Waals surface area contributed by atoms with Crippen molar-refractivity contribution in [1.29, 1.82) is 15.8 Å². The van der Waals surface area contributed by atoms with Crippen LogP contribution in [0.4, 0.5) is 0 Å². The number of aromatic nitrogens is 2. The van der Waals surface area contributed by atoms with Crippen LogP contribution in [0, 0.1) is 34.0 Å². The van der Waals surface area contributed by atoms with Crippen molar-refractivity contribution in [3.63, 3.8) is 0 Å². The van der Waals surface area contributed by atoms with E-state index in [-0.39, 0.29) is 0 Å². The second-order valence-corrected chi connectivity index (χ2v) is 12.3. The SMILES string of the molecule is N#Cc1ccc(-n2c3ccccc3c3ccccc32)c(-c2c(C#N)cccc2-c2cccc(-n3c4ccccc4c4cc(C#N)ccc43)c2)c1. The summed E-state index contributed by atoms with van der Waals surface area (Å²) < 4.78 is 4.46. The summed E-state index contributed by atoms with van der Waals surface area (Å²) in [5, 5.41) is 34.7. The predicted octanol–water partition coefficient (Wildman–Crippen LogP) is 10.8. The number of benzene rings is 7. The maximum atomic E-state index is 10.6. The van der Waals surface area contributed by atoms with Crippen molar-refractivity contribution in [2.75, 3.05) is 0 Å². The second kappa shape index (κ2) is 11.4. The molecule has 0 unspecified atom stereocenters. The summed E-state index contributed by atoms with van der Waals surface area (Å²) in [5.41, 5.74) is 11.0. The molecule has 0 bridgehead atoms. The minimum absolute atomic E-state index is 0.513. The molecule has 230 valence electrons. The Morgan fingerprint density at radius 1 is 0.400 bits per heavy atom. The van der Waals surface area contributed by atoms with Crippen LogP contribution >= 0.6 is 0 Å². The lowest BCUT2D eigenvalue weighted by atomic mass is 9.89. The first-order valence-corrected chi connectivity index (χ1v) is 16.3. The summed E-state index contributed by atoms with van der Waals surface area (Å²) in [6.45, 7) is 0. The molecule has 2 heterocycles. The molecule has 0 radical (unpaired) electrons. The van der Waals surface area contributed by atoms with Crippen LogP contribution in [0.25, 0.3) is 77.2 Å². The van der Waals surface area contributed by atoms with Gasteiger partial charge in [-0.3, -0.25) is 0 Å². The average molecular weight is 636 g/mol. The van der Waals surface area contributed by atoms with Gasteiger partial charge in [0.25, 0.3) is 0 Å². The molecule has 0 aliphatic heterocycles. The first-order valence-electron chi connectivity index (χ1n) is 16.3. The quantitative estimate of drug-likeness (QED) is 0.193. The molecule has 50 heavy (non-hydrogen) atoms. The van der Waals surface area contributed by atoms with E-state index in [0.29, 0.717) is 16.7 Å². The van der Waals surface area contributed by atoms with Gasteiger partial charge in [0, 0.05) is 38.4 Å². The molecule has 0 saturated heterocycles. The molecule has 9 rings (SSSR count). The number of hydrogen-bond donors (Lipinski definition) is 0. The molecule has 9 aromatic rings. The molecule has 0 amide bonds. The lowest BCUT2D eigenvalue weighted by Gasteiger charge is -2.19. The Morgan fingerprint density at radius 3 is 1.66 bits per heavy atom. The summed E-state index contributed by atoms with van der Waals surface area (Å²) in [6.07, 6.45) is 0. The van der Waals surface area contributed by atoms with Gasteiger partial charge in [-0.15, -0.1) is 0 Å². The van der Waals surface area contributed by atoms with E-state index in [1.54, 1.807) is 0 Å². The van der Waals surface area contributed by atoms with Gasteiger partial charge >= 0.3 is 0 Å². The van der Waals surface area contributed by atoms with Gasteiger partial charge < -0.3 is 9.13 Å². The number of para-hydroxylation sites is 3. The van der Waals surface area contributed by atoms with Crippen molar-refractivity contribution in [2.24, 2.45) is 0 Å². The van der Waals surface area contributed by atoms with E-state index in [4.69, 9.17) is 0 Å². The van der Waals surface area contributed by atoms with Crippen molar-refractivity contribution < 1.29 is 0 Å². The summed E-state index contributed by atoms with van der Waals surface area (Å²) in [7, 11) is 0. The van der Waals surface area contributed by atoms with Gasteiger partial charge in [-0.25, -0.2) is 0 Å². The molecule has 0 spiro atoms. The highest BCUT2D eigenvalue weighted by Gasteiger charge is 2.21. The van der Waals surface area contributed by atoms with Crippen molar-refractivity contribution in [3.8, 4) is 51.8 Å². The predicted molar refractivity (Wildman–Crippen MR) is 200 cm³/mol. The first-order chi connectivity index (χ1) is 24.7. The van der Waals surface area contributed by atoms with Crippen LogP contribution in [-0.4, -0.2) is 9.13 Å². The van der Waals surface area contributed by atoms with Crippen LogP contribution in [0.3, 0.4) is 0 Å². The van der Waals surface area contributed by atoms with E-state index in [0.717, 1.165) is 77.2 Å². The Labute approximate surface area is 287 Å². The average Bonchev–Trinajstić information content (AvgIpc) is 3.70. The fourth-order valence-corrected chi connectivity index (χ4v) is 7.49. The van der Waals surface area contributed by atoms with Crippen molar-refractivity contribution in [2.45, 2.75) is 0 Å². The Morgan fingerprint density at radius 2 is 0.980 bits per heavy atom. The minimum Gasteiger partial charge on any atom is -0.309 e. The van der Waals surface area contributed by atoms with E-state index in [9.17, 15) is 15.8 Å². The van der Waals surface area contributed by atoms with E-state index in [2.05, 4.69) is 100 Å². The molecule has 0 aliphatic carbocycles. The Balaban J connectivity index is 1.32. The molecule has 0 N–H and O–H groups in total. The van der Waals surface area contributed by atoms with Crippen molar-refractivity contribution in [1.82, 2.24) is 9.13 Å². The van der Waals surface area contributed by atoms with Crippen LogP contribution in [-0.2, 0) is 0 Å². The van der Waals surface area contributed by atoms with E-state index >= 15 is 0 Å². The third-order valence-corrected chi connectivity index (χ3v) is 9.62. The Bertz CT molecular complexity index is 2920. The van der Waals surface area contributed by atoms with Gasteiger partial charge in [0.05, 0.1) is 62.7 Å². The van der Waals surface area contributed by atoms with E-state index in [1.807, 2.05) is 78.9 Å². The lowest BCUT2D eigenvalue weighted by molar-refractivity contribution is 1.18. The van der Waals surface area contributed by atoms with Gasteiger partial charge in [-0.05, 0) is 83.9 Å². The first kappa shape index (κ1) is 28.8. The van der Waals surface area contributed by atoms with Crippen LogP contribution in [0.15, 0.2) is 152 Å². The molecular formula is C45H25N5. The van der Waals surface area contributed by atoms with Crippen LogP contribution in [0.1, 0.15) is 16.7 Å². The van der Waals surface area contributed by atoms with Crippen LogP contribution < -0.4 is 0 Å². The number of rotatable bonds is 4. The molecule has 5 heteroatoms. The zero-order valence-corrected chi connectivity index (χ0v) is 26.7. The fraction of sp³-hybridized carbons (Fsp3) is 0. The highest BCUT2D eigenvalue weighted by Crippen LogP contribution is 2.42. The van der Waals surface area contributed by atoms with Gasteiger partial charge in [0.15, 0.2) is 0 Å². The Kier molecular flexibility index (Phi) is 6.56. The van der Waals surface area contributed by atoms with Gasteiger partial charge in [-0.1, -0.05) is 78.9 Å². The molecule has 7 aromatic carbocycles. The second-order valence-electron chi connectivity index (χ2n) is 12.3. The molecule has 0 aliphatic rings. The van der Waals surface area contributed by atoms with Gasteiger partial charge in [-0.2, -0.15) is 15.8 Å². The summed E-state index contributed by atoms with van der Waals surface area (Å²) in [6, 6.07) is 57.7. The van der Waals surface area contributed by atoms with Crippen LogP contribution in [0.5, 0.6) is 0 Å². The largest absolute Gasteiger partial charge is 0.309 e. The Hall–Kier alpha value is -7.39. The number of fused-ring (bicyclic) bond motifs is 6. The highest BCUT2D eigenvalue weighted by molar-refractivity contribution is 6.11. The topological polar surface area (TPSA) is 81.2 Å². The third kappa shape index (κ3) is 4.31. The maximum Gasteiger partial charge on any atom is 0.0998 e. The fourth-order valence-electron chi connectivity index (χ4n) is 7.49. The van der Waals surface area contributed by atoms with Crippen molar-refractivity contribution >= 4 is 43.6 Å². The minimum atomic E-state index is 0.513. The van der Waals surface area contributed by atoms with Crippen molar-refractivity contribution in [3.05, 3.63) is 168 Å². The smallest absolute Gasteiger partial charge is 0.0998 e. The zero-order chi connectivity index (χ0) is 33.8. The van der Waals surface area contributed by atoms with E-state index < -0.39 is 0 Å². The molecule has 0 atom stereocenters. The van der Waals surface area contributed by atoms with Crippen LogP contribution in [0.2, 0.25) is 0 Å². The summed E-state index contributed by atoms with van der Waals surface area (Å²) in [5.74, 6) is 0. The molecule has 0 fully saturated rings. The van der Waals surface area contributed by atoms with E-state index in [1.165, 1.54) is 0 Å². The van der Waals surface area contributed by atoms with Gasteiger partial charge in [0.1, 0.15) is 0 Å². The highest BCUT2D eigenvalue weighted by atomic mass is 15.0. The number of nitrogens with zero attached hydrogens (tertiary/aromatic N) is 5. The summed E-state index contributed by atoms with van der Waals surface area (Å²) >= 11 is 0. The zero-order valence-electron chi connectivity index (χ0n) is 26.7.